The summed E-state index contributed by atoms with van der Waals surface area (Å²) in [7, 11) is 11.4. The van der Waals surface area contributed by atoms with Gasteiger partial charge in [-0.05, 0) is 71.1 Å². The molecule has 0 aromatic carbocycles. The van der Waals surface area contributed by atoms with Crippen molar-refractivity contribution < 1.29 is 99.5 Å². The van der Waals surface area contributed by atoms with Gasteiger partial charge in [-0.3, -0.25) is 0 Å². The summed E-state index contributed by atoms with van der Waals surface area (Å²) in [5, 5.41) is 0. The molecule has 0 aromatic heterocycles. The largest absolute Gasteiger partial charge is 0.500 e. The molecule has 27 heteroatoms. The highest BCUT2D eigenvalue weighted by Gasteiger charge is 2.41. The summed E-state index contributed by atoms with van der Waals surface area (Å²) in [5.41, 5.74) is -1.28. The van der Waals surface area contributed by atoms with Crippen LogP contribution in [0, 0.1) is 10.8 Å². The lowest BCUT2D eigenvalue weighted by atomic mass is 9.90. The maximum absolute atomic E-state index is 6.95. The fourth-order valence-electron chi connectivity index (χ4n) is 9.14. The van der Waals surface area contributed by atoms with E-state index in [9.17, 15) is 0 Å². The highest BCUT2D eigenvalue weighted by molar-refractivity contribution is 6.62. The van der Waals surface area contributed by atoms with Gasteiger partial charge in [-0.25, -0.2) is 0 Å². The number of rotatable bonds is 62. The maximum Gasteiger partial charge on any atom is 0.500 e. The van der Waals surface area contributed by atoms with Crippen molar-refractivity contribution in [3.8, 4) is 0 Å². The Morgan fingerprint density at radius 3 is 0.532 bits per heavy atom. The van der Waals surface area contributed by atoms with Crippen LogP contribution in [-0.4, -0.2) is 243 Å². The molecule has 0 saturated carbocycles. The van der Waals surface area contributed by atoms with E-state index in [1.165, 1.54) is 0 Å². The molecule has 0 aliphatic heterocycles. The van der Waals surface area contributed by atoms with E-state index in [0.717, 1.165) is 127 Å². The summed E-state index contributed by atoms with van der Waals surface area (Å²) in [6, 6.07) is 3.64. The smallest absolute Gasteiger partial charge is 0.381 e. The van der Waals surface area contributed by atoms with Gasteiger partial charge in [-0.1, -0.05) is 32.1 Å². The van der Waals surface area contributed by atoms with Crippen molar-refractivity contribution in [2.75, 3.05) is 199 Å². The van der Waals surface area contributed by atoms with E-state index < -0.39 is 54.9 Å². The molecule has 0 atom stereocenters. The Morgan fingerprint density at radius 1 is 0.203 bits per heavy atom. The van der Waals surface area contributed by atoms with E-state index in [-0.39, 0.29) is 0 Å². The Hall–Kier alpha value is 0.204. The van der Waals surface area contributed by atoms with Gasteiger partial charge in [0.1, 0.15) is 0 Å². The molecule has 0 saturated heterocycles. The number of unbranched alkanes of at least 4 members (excludes halogenated alkanes) is 10. The van der Waals surface area contributed by atoms with Crippen molar-refractivity contribution in [3.05, 3.63) is 0 Å². The van der Waals surface area contributed by atoms with Gasteiger partial charge in [0, 0.05) is 177 Å². The summed E-state index contributed by atoms with van der Waals surface area (Å²) in [6.07, 6.45) is 13.3. The lowest BCUT2D eigenvalue weighted by Gasteiger charge is -2.37. The zero-order valence-corrected chi connectivity index (χ0v) is 57.5. The first kappa shape index (κ1) is 79.2. The van der Waals surface area contributed by atoms with Gasteiger partial charge in [0.15, 0.2) is 0 Å². The highest BCUT2D eigenvalue weighted by Crippen LogP contribution is 2.28. The molecule has 0 bridgehead atoms. The fraction of sp³-hybridized carbons (Fsp3) is 1.00. The Labute approximate surface area is 485 Å². The van der Waals surface area contributed by atoms with Crippen LogP contribution in [0.3, 0.4) is 0 Å². The standard InChI is InChI=1S/C52H116O22Si5/c1-17-68-43-51(44-69-33-23-18-28-38-75(53-2,54-3)55-4,45-70-34-24-19-29-39-76(56-5,57-6)58-7)49-74-50-52(46-71-35-25-20-30-40-77(59-8,60-9)61-10,47-72-36-26-21-31-41-78(62-11,63-12)64-13)48-73-37-27-22-32-42-79(65-14,66-15)67-16/h17-50H2,1-16H3. The molecule has 0 heterocycles. The van der Waals surface area contributed by atoms with Crippen LogP contribution in [0.25, 0.3) is 0 Å². The van der Waals surface area contributed by atoms with Gasteiger partial charge >= 0.3 is 44.0 Å². The van der Waals surface area contributed by atoms with Crippen molar-refractivity contribution >= 4 is 44.0 Å². The Balaban J connectivity index is 6.66. The summed E-state index contributed by atoms with van der Waals surface area (Å²) < 4.78 is 131. The second-order valence-electron chi connectivity index (χ2n) is 19.9. The third kappa shape index (κ3) is 32.5. The normalized spacial score (nSPS) is 13.4. The average molecular weight is 1230 g/mol. The molecular formula is C52H116O22Si5. The first-order valence-corrected chi connectivity index (χ1v) is 38.2. The molecular weight excluding hydrogens is 1120 g/mol. The van der Waals surface area contributed by atoms with Gasteiger partial charge in [0.25, 0.3) is 0 Å². The molecule has 0 N–H and O–H groups in total. The lowest BCUT2D eigenvalue weighted by Crippen LogP contribution is -2.46. The molecule has 0 rings (SSSR count). The molecule has 0 amide bonds. The van der Waals surface area contributed by atoms with Crippen molar-refractivity contribution in [1.82, 2.24) is 0 Å². The highest BCUT2D eigenvalue weighted by atomic mass is 28.4. The molecule has 0 aromatic rings. The monoisotopic (exact) mass is 1230 g/mol. The van der Waals surface area contributed by atoms with E-state index in [1.54, 1.807) is 107 Å². The van der Waals surface area contributed by atoms with E-state index >= 15 is 0 Å². The minimum absolute atomic E-state index is 0.298. The van der Waals surface area contributed by atoms with Crippen molar-refractivity contribution in [1.29, 1.82) is 0 Å². The van der Waals surface area contributed by atoms with Crippen molar-refractivity contribution in [2.45, 2.75) is 133 Å². The SMILES string of the molecule is CCOCC(COCCCCC[Si](OC)(OC)OC)(COCCCCC[Si](OC)(OC)OC)COCC(COCCCCC[Si](OC)(OC)OC)(COCCCCC[Si](OC)(OC)OC)COCCCCC[Si](OC)(OC)OC. The minimum Gasteiger partial charge on any atom is -0.381 e. The topological polar surface area (TPSA) is 203 Å². The quantitative estimate of drug-likeness (QED) is 0.0415. The lowest BCUT2D eigenvalue weighted by molar-refractivity contribution is -0.142. The first-order chi connectivity index (χ1) is 38.2. The van der Waals surface area contributed by atoms with Gasteiger partial charge < -0.3 is 99.5 Å². The van der Waals surface area contributed by atoms with E-state index in [4.69, 9.17) is 99.5 Å². The first-order valence-electron chi connectivity index (χ1n) is 28.5. The van der Waals surface area contributed by atoms with Crippen LogP contribution in [0.1, 0.15) is 103 Å². The number of ether oxygens (including phenoxy) is 7. The van der Waals surface area contributed by atoms with Crippen LogP contribution in [0.5, 0.6) is 0 Å². The van der Waals surface area contributed by atoms with Crippen LogP contribution in [0.15, 0.2) is 0 Å². The zero-order chi connectivity index (χ0) is 59.1. The van der Waals surface area contributed by atoms with E-state index in [0.29, 0.717) is 92.5 Å². The van der Waals surface area contributed by atoms with Crippen LogP contribution < -0.4 is 0 Å². The molecule has 476 valence electrons. The Kier molecular flexibility index (Phi) is 48.5. The third-order valence-corrected chi connectivity index (χ3v) is 28.7. The molecule has 0 aliphatic carbocycles. The summed E-state index contributed by atoms with van der Waals surface area (Å²) in [5.74, 6) is 0. The predicted octanol–water partition coefficient (Wildman–Crippen LogP) is 8.34. The minimum atomic E-state index is -2.67. The maximum atomic E-state index is 6.95. The van der Waals surface area contributed by atoms with E-state index in [1.807, 2.05) is 6.92 Å². The number of hydrogen-bond acceptors (Lipinski definition) is 22. The molecule has 0 unspecified atom stereocenters. The average Bonchev–Trinajstić information content (AvgIpc) is 3.49. The third-order valence-electron chi connectivity index (χ3n) is 14.5. The zero-order valence-electron chi connectivity index (χ0n) is 52.5. The fourth-order valence-corrected chi connectivity index (χ4v) is 18.1. The Bertz CT molecular complexity index is 1200. The molecule has 22 nitrogen and oxygen atoms in total. The van der Waals surface area contributed by atoms with Crippen LogP contribution >= 0.6 is 0 Å². The van der Waals surface area contributed by atoms with Gasteiger partial charge in [0.2, 0.25) is 0 Å². The second-order valence-corrected chi connectivity index (χ2v) is 35.4. The summed E-state index contributed by atoms with van der Waals surface area (Å²) >= 11 is 0. The Morgan fingerprint density at radius 2 is 0.367 bits per heavy atom. The van der Waals surface area contributed by atoms with Gasteiger partial charge in [-0.15, -0.1) is 0 Å². The number of hydrogen-bond donors (Lipinski definition) is 0. The molecule has 0 radical (unpaired) electrons. The van der Waals surface area contributed by atoms with Gasteiger partial charge in [0.05, 0.1) is 63.7 Å². The van der Waals surface area contributed by atoms with Crippen molar-refractivity contribution in [2.24, 2.45) is 10.8 Å². The van der Waals surface area contributed by atoms with Crippen LogP contribution in [0.4, 0.5) is 0 Å². The summed E-state index contributed by atoms with van der Waals surface area (Å²) in [6.45, 7) is 8.08. The molecule has 0 fully saturated rings. The van der Waals surface area contributed by atoms with Crippen LogP contribution in [-0.2, 0) is 99.5 Å². The summed E-state index contributed by atoms with van der Waals surface area (Å²) in [4.78, 5) is 0. The van der Waals surface area contributed by atoms with Crippen molar-refractivity contribution in [3.63, 3.8) is 0 Å². The molecule has 0 spiro atoms. The van der Waals surface area contributed by atoms with Gasteiger partial charge in [-0.2, -0.15) is 0 Å². The molecule has 79 heavy (non-hydrogen) atoms. The van der Waals surface area contributed by atoms with E-state index in [2.05, 4.69) is 0 Å². The molecule has 0 aliphatic rings. The predicted molar refractivity (Wildman–Crippen MR) is 313 cm³/mol. The van der Waals surface area contributed by atoms with Crippen LogP contribution in [0.2, 0.25) is 30.2 Å². The second kappa shape index (κ2) is 48.3.